The molecular formula is C53H44Br4O10S. The Hall–Kier alpha value is -5.97. The van der Waals surface area contributed by atoms with Gasteiger partial charge in [0, 0.05) is 17.3 Å². The quantitative estimate of drug-likeness (QED) is 0.0689. The van der Waals surface area contributed by atoms with Crippen molar-refractivity contribution in [1.82, 2.24) is 0 Å². The summed E-state index contributed by atoms with van der Waals surface area (Å²) in [6.45, 7) is 4.17. The fourth-order valence-corrected chi connectivity index (χ4v) is 10.9. The number of hydrogen-bond acceptors (Lipinski definition) is 10. The molecule has 0 saturated heterocycles. The first-order chi connectivity index (χ1) is 32.1. The van der Waals surface area contributed by atoms with E-state index in [1.54, 1.807) is 48.5 Å². The molecule has 10 nitrogen and oxygen atoms in total. The summed E-state index contributed by atoms with van der Waals surface area (Å²) in [4.78, 5) is 0.196. The first-order valence-electron chi connectivity index (χ1n) is 20.5. The molecule has 0 spiro atoms. The van der Waals surface area contributed by atoms with Gasteiger partial charge >= 0.3 is 0 Å². The van der Waals surface area contributed by atoms with Crippen molar-refractivity contribution >= 4 is 73.6 Å². The average Bonchev–Trinajstić information content (AvgIpc) is 3.31. The number of phenols is 8. The van der Waals surface area contributed by atoms with Crippen molar-refractivity contribution in [3.05, 3.63) is 221 Å². The molecule has 68 heavy (non-hydrogen) atoms. The average molecular weight is 1190 g/mol. The van der Waals surface area contributed by atoms with Crippen LogP contribution in [-0.4, -0.2) is 49.3 Å². The Labute approximate surface area is 427 Å². The van der Waals surface area contributed by atoms with Crippen LogP contribution < -0.4 is 0 Å². The first-order valence-corrected chi connectivity index (χ1v) is 25.2. The van der Waals surface area contributed by atoms with E-state index in [0.29, 0.717) is 17.9 Å². The highest BCUT2D eigenvalue weighted by molar-refractivity contribution is 9.11. The number of aromatic hydroxyl groups is 8. The van der Waals surface area contributed by atoms with E-state index in [1.807, 2.05) is 72.8 Å². The van der Waals surface area contributed by atoms with Crippen molar-refractivity contribution in [2.45, 2.75) is 40.9 Å². The van der Waals surface area contributed by atoms with Gasteiger partial charge in [0.1, 0.15) is 46.0 Å². The van der Waals surface area contributed by atoms with E-state index in [9.17, 15) is 39.1 Å². The molecule has 0 aromatic heterocycles. The molecule has 0 radical (unpaired) electrons. The Morgan fingerprint density at radius 3 is 0.750 bits per heavy atom. The van der Waals surface area contributed by atoms with E-state index in [4.69, 9.17) is 10.2 Å². The lowest BCUT2D eigenvalue weighted by atomic mass is 9.73. The number of phenolic OH excluding ortho intramolecular Hbond substituents is 8. The molecule has 15 heteroatoms. The summed E-state index contributed by atoms with van der Waals surface area (Å²) in [7, 11) is -3.59. The fourth-order valence-electron chi connectivity index (χ4n) is 7.29. The monoisotopic (exact) mass is 1190 g/mol. The van der Waals surface area contributed by atoms with E-state index in [-0.39, 0.29) is 73.0 Å². The van der Waals surface area contributed by atoms with Gasteiger partial charge in [0.05, 0.1) is 27.7 Å². The van der Waals surface area contributed by atoms with Gasteiger partial charge in [-0.25, -0.2) is 8.42 Å². The van der Waals surface area contributed by atoms with E-state index in [0.717, 1.165) is 33.4 Å². The number of halogens is 4. The Balaban J connectivity index is 0.000000176. The normalized spacial score (nSPS) is 11.4. The van der Waals surface area contributed by atoms with Crippen LogP contribution in [0, 0.1) is 0 Å². The Morgan fingerprint density at radius 2 is 0.544 bits per heavy atom. The molecule has 0 saturated carbocycles. The third-order valence-corrected chi connectivity index (χ3v) is 15.3. The van der Waals surface area contributed by atoms with Crippen molar-refractivity contribution in [3.63, 3.8) is 0 Å². The van der Waals surface area contributed by atoms with Crippen LogP contribution in [0.25, 0.3) is 0 Å². The third kappa shape index (κ3) is 12.4. The molecule has 8 N–H and O–H groups in total. The van der Waals surface area contributed by atoms with Crippen LogP contribution in [0.15, 0.2) is 198 Å². The first kappa shape index (κ1) is 51.4. The van der Waals surface area contributed by atoms with Crippen molar-refractivity contribution in [2.24, 2.45) is 0 Å². The lowest BCUT2D eigenvalue weighted by Crippen LogP contribution is -2.19. The van der Waals surface area contributed by atoms with Crippen LogP contribution in [0.1, 0.15) is 59.1 Å². The topological polar surface area (TPSA) is 196 Å². The molecule has 0 aliphatic rings. The fraction of sp³-hybridized carbons (Fsp3) is 0.0943. The molecule has 0 atom stereocenters. The molecule has 0 aliphatic carbocycles. The predicted molar refractivity (Wildman–Crippen MR) is 277 cm³/mol. The third-order valence-electron chi connectivity index (χ3n) is 11.1. The van der Waals surface area contributed by atoms with E-state index in [1.165, 1.54) is 48.5 Å². The highest BCUT2D eigenvalue weighted by Crippen LogP contribution is 2.45. The highest BCUT2D eigenvalue weighted by atomic mass is 79.9. The zero-order valence-electron chi connectivity index (χ0n) is 36.1. The molecule has 8 aromatic carbocycles. The van der Waals surface area contributed by atoms with Crippen molar-refractivity contribution in [2.75, 3.05) is 0 Å². The summed E-state index contributed by atoms with van der Waals surface area (Å²) < 4.78 is 26.7. The number of hydrogen-bond donors (Lipinski definition) is 8. The van der Waals surface area contributed by atoms with Crippen molar-refractivity contribution in [1.29, 1.82) is 0 Å². The minimum atomic E-state index is -3.59. The standard InChI is InChI=1S/C26H22O4.C15H12Br4O2.C12H10O4S/c27-21-9-1-17(2-10-21)25(18-3-11-22(28)12-4-18)26(19-5-13-23(29)14-6-19)20-7-15-24(30)16-8-20;1-15(2,7-3-9(16)13(20)10(17)4-7)8-5-11(18)14(21)12(19)6-8;13-9-1-5-11(6-2-9)17(15,16)12-7-3-10(14)4-8-12/h1-16,25-30H;3-6,20-21H,1-2H3;1-8,13-14H. The summed E-state index contributed by atoms with van der Waals surface area (Å²) in [5.41, 5.74) is 5.72. The van der Waals surface area contributed by atoms with Gasteiger partial charge in [-0.1, -0.05) is 62.4 Å². The molecule has 0 bridgehead atoms. The molecule has 0 fully saturated rings. The summed E-state index contributed by atoms with van der Waals surface area (Å²) in [6.07, 6.45) is 0. The van der Waals surface area contributed by atoms with Gasteiger partial charge in [-0.3, -0.25) is 0 Å². The number of benzene rings is 8. The predicted octanol–water partition coefficient (Wildman–Crippen LogP) is 13.9. The summed E-state index contributed by atoms with van der Waals surface area (Å²) in [6, 6.07) is 46.6. The van der Waals surface area contributed by atoms with E-state index in [2.05, 4.69) is 77.6 Å². The zero-order valence-corrected chi connectivity index (χ0v) is 43.3. The largest absolute Gasteiger partial charge is 0.508 e. The Bertz CT molecular complexity index is 2750. The smallest absolute Gasteiger partial charge is 0.206 e. The summed E-state index contributed by atoms with van der Waals surface area (Å²) >= 11 is 13.5. The van der Waals surface area contributed by atoms with Crippen LogP contribution in [0.3, 0.4) is 0 Å². The van der Waals surface area contributed by atoms with E-state index >= 15 is 0 Å². The molecule has 0 unspecified atom stereocenters. The molecular weight excluding hydrogens is 1150 g/mol. The second-order valence-electron chi connectivity index (χ2n) is 16.0. The molecule has 0 aliphatic heterocycles. The Kier molecular flexibility index (Phi) is 16.6. The molecule has 8 rings (SSSR count). The van der Waals surface area contributed by atoms with Crippen LogP contribution in [-0.2, 0) is 15.3 Å². The minimum absolute atomic E-state index is 0.00894. The second-order valence-corrected chi connectivity index (χ2v) is 21.4. The van der Waals surface area contributed by atoms with Gasteiger partial charge < -0.3 is 40.9 Å². The molecule has 350 valence electrons. The molecule has 0 amide bonds. The van der Waals surface area contributed by atoms with Gasteiger partial charge in [-0.15, -0.1) is 0 Å². The van der Waals surface area contributed by atoms with E-state index < -0.39 is 9.84 Å². The highest BCUT2D eigenvalue weighted by Gasteiger charge is 2.29. The number of rotatable bonds is 9. The van der Waals surface area contributed by atoms with Crippen molar-refractivity contribution < 1.29 is 49.3 Å². The van der Waals surface area contributed by atoms with Crippen LogP contribution in [0.4, 0.5) is 0 Å². The van der Waals surface area contributed by atoms with Crippen LogP contribution >= 0.6 is 63.7 Å². The molecule has 8 aromatic rings. The van der Waals surface area contributed by atoms with Gasteiger partial charge in [-0.05, 0) is 218 Å². The summed E-state index contributed by atoms with van der Waals surface area (Å²) in [5.74, 6) is 0.862. The van der Waals surface area contributed by atoms with Crippen LogP contribution in [0.2, 0.25) is 0 Å². The second kappa shape index (κ2) is 22.0. The molecule has 0 heterocycles. The number of sulfone groups is 1. The maximum atomic E-state index is 12.1. The van der Waals surface area contributed by atoms with Crippen molar-refractivity contribution in [3.8, 4) is 46.0 Å². The van der Waals surface area contributed by atoms with Gasteiger partial charge in [0.15, 0.2) is 0 Å². The van der Waals surface area contributed by atoms with Crippen LogP contribution in [0.5, 0.6) is 46.0 Å². The van der Waals surface area contributed by atoms with Gasteiger partial charge in [0.25, 0.3) is 0 Å². The SMILES string of the molecule is CC(C)(c1cc(Br)c(O)c(Br)c1)c1cc(Br)c(O)c(Br)c1.O=S(=O)(c1ccc(O)cc1)c1ccc(O)cc1.Oc1ccc(C(c2ccc(O)cc2)C(c2ccc(O)cc2)c2ccc(O)cc2)cc1. The maximum Gasteiger partial charge on any atom is 0.206 e. The van der Waals surface area contributed by atoms with Gasteiger partial charge in [0.2, 0.25) is 9.84 Å². The maximum absolute atomic E-state index is 12.1. The minimum Gasteiger partial charge on any atom is -0.508 e. The Morgan fingerprint density at radius 1 is 0.353 bits per heavy atom. The lowest BCUT2D eigenvalue weighted by Gasteiger charge is -2.29. The van der Waals surface area contributed by atoms with Gasteiger partial charge in [-0.2, -0.15) is 0 Å². The lowest BCUT2D eigenvalue weighted by molar-refractivity contribution is 0.466. The summed E-state index contributed by atoms with van der Waals surface area (Å²) in [5, 5.41) is 77.1. The zero-order chi connectivity index (χ0) is 49.5.